The molecular formula is C15H13F2N3. The predicted octanol–water partition coefficient (Wildman–Crippen LogP) is 3.25. The van der Waals surface area contributed by atoms with Crippen molar-refractivity contribution >= 4 is 17.0 Å². The Morgan fingerprint density at radius 3 is 2.75 bits per heavy atom. The van der Waals surface area contributed by atoms with Crippen LogP contribution < -0.4 is 5.73 Å². The van der Waals surface area contributed by atoms with Gasteiger partial charge in [-0.05, 0) is 42.8 Å². The molecule has 5 heteroatoms. The van der Waals surface area contributed by atoms with E-state index < -0.39 is 11.6 Å². The van der Waals surface area contributed by atoms with Crippen LogP contribution in [0.2, 0.25) is 0 Å². The molecule has 1 aromatic heterocycles. The number of halogens is 2. The van der Waals surface area contributed by atoms with E-state index in [0.29, 0.717) is 0 Å². The number of aryl methyl sites for hydroxylation is 1. The highest BCUT2D eigenvalue weighted by atomic mass is 19.1. The lowest BCUT2D eigenvalue weighted by Gasteiger charge is -2.08. The van der Waals surface area contributed by atoms with Gasteiger partial charge in [0.2, 0.25) is 5.95 Å². The van der Waals surface area contributed by atoms with E-state index in [-0.39, 0.29) is 18.1 Å². The zero-order valence-electron chi connectivity index (χ0n) is 10.9. The van der Waals surface area contributed by atoms with E-state index in [0.717, 1.165) is 28.7 Å². The van der Waals surface area contributed by atoms with Gasteiger partial charge < -0.3 is 10.3 Å². The number of nitrogens with two attached hydrogens (primary N) is 1. The van der Waals surface area contributed by atoms with Crippen molar-refractivity contribution in [3.05, 3.63) is 59.2 Å². The summed E-state index contributed by atoms with van der Waals surface area (Å²) in [4.78, 5) is 4.25. The smallest absolute Gasteiger partial charge is 0.201 e. The number of nitrogens with zero attached hydrogens (tertiary/aromatic N) is 2. The monoisotopic (exact) mass is 273 g/mol. The molecule has 0 aliphatic heterocycles. The summed E-state index contributed by atoms with van der Waals surface area (Å²) in [6.07, 6.45) is 0. The number of hydrogen-bond donors (Lipinski definition) is 1. The average Bonchev–Trinajstić information content (AvgIpc) is 2.69. The number of fused-ring (bicyclic) bond motifs is 1. The zero-order chi connectivity index (χ0) is 14.3. The average molecular weight is 273 g/mol. The van der Waals surface area contributed by atoms with Crippen LogP contribution in [0.5, 0.6) is 0 Å². The van der Waals surface area contributed by atoms with E-state index >= 15 is 0 Å². The van der Waals surface area contributed by atoms with Gasteiger partial charge in [-0.3, -0.25) is 0 Å². The van der Waals surface area contributed by atoms with E-state index in [2.05, 4.69) is 4.98 Å². The maximum absolute atomic E-state index is 13.7. The van der Waals surface area contributed by atoms with Crippen molar-refractivity contribution in [2.75, 3.05) is 5.73 Å². The van der Waals surface area contributed by atoms with Gasteiger partial charge in [0.15, 0.2) is 0 Å². The van der Waals surface area contributed by atoms with Crippen LogP contribution in [-0.2, 0) is 6.54 Å². The Hall–Kier alpha value is -2.43. The highest BCUT2D eigenvalue weighted by molar-refractivity contribution is 5.79. The van der Waals surface area contributed by atoms with Gasteiger partial charge in [-0.25, -0.2) is 13.8 Å². The van der Waals surface area contributed by atoms with Crippen LogP contribution in [0.15, 0.2) is 36.4 Å². The number of rotatable bonds is 2. The highest BCUT2D eigenvalue weighted by Crippen LogP contribution is 2.21. The Balaban J connectivity index is 2.10. The van der Waals surface area contributed by atoms with Crippen molar-refractivity contribution in [1.82, 2.24) is 9.55 Å². The Kier molecular flexibility index (Phi) is 2.89. The van der Waals surface area contributed by atoms with Crippen LogP contribution in [-0.4, -0.2) is 9.55 Å². The summed E-state index contributed by atoms with van der Waals surface area (Å²) in [5, 5.41) is 0. The second-order valence-corrected chi connectivity index (χ2v) is 4.78. The third-order valence-electron chi connectivity index (χ3n) is 3.27. The van der Waals surface area contributed by atoms with Gasteiger partial charge in [0.25, 0.3) is 0 Å². The summed E-state index contributed by atoms with van der Waals surface area (Å²) < 4.78 is 28.6. The third kappa shape index (κ3) is 2.11. The zero-order valence-corrected chi connectivity index (χ0v) is 10.9. The lowest BCUT2D eigenvalue weighted by Crippen LogP contribution is -2.06. The maximum atomic E-state index is 13.7. The van der Waals surface area contributed by atoms with E-state index in [1.165, 1.54) is 6.07 Å². The number of nitrogen functional groups attached to an aromatic ring is 1. The molecule has 3 aromatic rings. The topological polar surface area (TPSA) is 43.8 Å². The van der Waals surface area contributed by atoms with Crippen LogP contribution in [0.1, 0.15) is 11.1 Å². The first kappa shape index (κ1) is 12.6. The Morgan fingerprint density at radius 1 is 1.15 bits per heavy atom. The Labute approximate surface area is 114 Å². The first-order chi connectivity index (χ1) is 9.54. The largest absolute Gasteiger partial charge is 0.369 e. The molecule has 20 heavy (non-hydrogen) atoms. The summed E-state index contributed by atoms with van der Waals surface area (Å²) >= 11 is 0. The normalized spacial score (nSPS) is 11.2. The second kappa shape index (κ2) is 4.59. The third-order valence-corrected chi connectivity index (χ3v) is 3.27. The molecule has 2 aromatic carbocycles. The van der Waals surface area contributed by atoms with Crippen LogP contribution in [0.4, 0.5) is 14.7 Å². The van der Waals surface area contributed by atoms with Gasteiger partial charge in [0, 0.05) is 5.56 Å². The lowest BCUT2D eigenvalue weighted by atomic mass is 10.2. The number of imidazole rings is 1. The van der Waals surface area contributed by atoms with Crippen molar-refractivity contribution in [3.63, 3.8) is 0 Å². The van der Waals surface area contributed by atoms with Gasteiger partial charge in [-0.15, -0.1) is 0 Å². The van der Waals surface area contributed by atoms with Gasteiger partial charge in [0.05, 0.1) is 17.6 Å². The van der Waals surface area contributed by atoms with Crippen molar-refractivity contribution in [1.29, 1.82) is 0 Å². The van der Waals surface area contributed by atoms with E-state index in [1.54, 1.807) is 4.57 Å². The molecule has 0 bridgehead atoms. The summed E-state index contributed by atoms with van der Waals surface area (Å²) in [6.45, 7) is 2.11. The minimum Gasteiger partial charge on any atom is -0.369 e. The summed E-state index contributed by atoms with van der Waals surface area (Å²) in [5.74, 6) is -0.644. The molecule has 0 atom stereocenters. The minimum absolute atomic E-state index is 0.148. The van der Waals surface area contributed by atoms with Crippen LogP contribution in [0, 0.1) is 18.6 Å². The molecule has 0 aliphatic rings. The molecular weight excluding hydrogens is 260 g/mol. The molecule has 3 rings (SSSR count). The van der Waals surface area contributed by atoms with Crippen molar-refractivity contribution in [3.8, 4) is 0 Å². The van der Waals surface area contributed by atoms with Gasteiger partial charge >= 0.3 is 0 Å². The molecule has 1 heterocycles. The molecule has 0 amide bonds. The molecule has 3 nitrogen and oxygen atoms in total. The summed E-state index contributed by atoms with van der Waals surface area (Å²) in [5.41, 5.74) is 8.74. The SMILES string of the molecule is Cc1ccc2c(c1)nc(N)n2Cc1cc(F)ccc1F. The Morgan fingerprint density at radius 2 is 1.95 bits per heavy atom. The standard InChI is InChI=1S/C15H13F2N3/c1-9-2-5-14-13(6-9)19-15(18)20(14)8-10-7-11(16)3-4-12(10)17/h2-7H,8H2,1H3,(H2,18,19). The molecule has 0 spiro atoms. The Bertz CT molecular complexity index is 793. The molecule has 2 N–H and O–H groups in total. The molecule has 0 fully saturated rings. The van der Waals surface area contributed by atoms with Crippen molar-refractivity contribution in [2.24, 2.45) is 0 Å². The van der Waals surface area contributed by atoms with Crippen LogP contribution >= 0.6 is 0 Å². The van der Waals surface area contributed by atoms with E-state index in [4.69, 9.17) is 5.73 Å². The van der Waals surface area contributed by atoms with Crippen molar-refractivity contribution < 1.29 is 8.78 Å². The number of anilines is 1. The number of benzene rings is 2. The number of aromatic nitrogens is 2. The van der Waals surface area contributed by atoms with Crippen LogP contribution in [0.3, 0.4) is 0 Å². The fourth-order valence-corrected chi connectivity index (χ4v) is 2.26. The van der Waals surface area contributed by atoms with Gasteiger partial charge in [-0.1, -0.05) is 6.07 Å². The summed E-state index contributed by atoms with van der Waals surface area (Å²) in [7, 11) is 0. The lowest BCUT2D eigenvalue weighted by molar-refractivity contribution is 0.579. The minimum atomic E-state index is -0.472. The fourth-order valence-electron chi connectivity index (χ4n) is 2.26. The van der Waals surface area contributed by atoms with E-state index in [1.807, 2.05) is 25.1 Å². The van der Waals surface area contributed by atoms with Gasteiger partial charge in [0.1, 0.15) is 11.6 Å². The molecule has 0 saturated heterocycles. The van der Waals surface area contributed by atoms with Gasteiger partial charge in [-0.2, -0.15) is 0 Å². The summed E-state index contributed by atoms with van der Waals surface area (Å²) in [6, 6.07) is 9.10. The molecule has 0 unspecified atom stereocenters. The predicted molar refractivity (Wildman–Crippen MR) is 74.3 cm³/mol. The number of hydrogen-bond acceptors (Lipinski definition) is 2. The molecule has 0 saturated carbocycles. The highest BCUT2D eigenvalue weighted by Gasteiger charge is 2.11. The molecule has 0 radical (unpaired) electrons. The second-order valence-electron chi connectivity index (χ2n) is 4.78. The van der Waals surface area contributed by atoms with Crippen molar-refractivity contribution in [2.45, 2.75) is 13.5 Å². The fraction of sp³-hybridized carbons (Fsp3) is 0.133. The molecule has 102 valence electrons. The first-order valence-electron chi connectivity index (χ1n) is 6.21. The molecule has 0 aliphatic carbocycles. The first-order valence-corrected chi connectivity index (χ1v) is 6.21. The van der Waals surface area contributed by atoms with Crippen LogP contribution in [0.25, 0.3) is 11.0 Å². The quantitative estimate of drug-likeness (QED) is 0.779. The van der Waals surface area contributed by atoms with E-state index in [9.17, 15) is 8.78 Å². The maximum Gasteiger partial charge on any atom is 0.201 e.